The smallest absolute Gasteiger partial charge is 0.253 e. The van der Waals surface area contributed by atoms with Gasteiger partial charge in [0.15, 0.2) is 0 Å². The summed E-state index contributed by atoms with van der Waals surface area (Å²) in [4.78, 5) is 19.2. The molecule has 3 rings (SSSR count). The van der Waals surface area contributed by atoms with Crippen molar-refractivity contribution in [3.05, 3.63) is 51.2 Å². The van der Waals surface area contributed by atoms with Crippen molar-refractivity contribution in [2.75, 3.05) is 20.2 Å². The van der Waals surface area contributed by atoms with Gasteiger partial charge in [-0.3, -0.25) is 4.79 Å². The number of carbonyl (C=O) groups is 1. The van der Waals surface area contributed by atoms with Gasteiger partial charge < -0.3 is 9.64 Å². The van der Waals surface area contributed by atoms with Crippen molar-refractivity contribution in [3.63, 3.8) is 0 Å². The van der Waals surface area contributed by atoms with E-state index >= 15 is 0 Å². The van der Waals surface area contributed by atoms with Gasteiger partial charge in [0.1, 0.15) is 5.82 Å². The molecule has 128 valence electrons. The molecule has 1 saturated heterocycles. The van der Waals surface area contributed by atoms with Gasteiger partial charge in [0.05, 0.1) is 11.6 Å². The minimum Gasteiger partial charge on any atom is -0.380 e. The molecular weight excluding hydrogens is 327 g/mol. The number of rotatable bonds is 4. The Bertz CT molecular complexity index is 732. The number of hydrogen-bond acceptors (Lipinski definition) is 4. The van der Waals surface area contributed by atoms with Crippen molar-refractivity contribution < 1.29 is 13.9 Å². The second-order valence-corrected chi connectivity index (χ2v) is 7.05. The predicted molar refractivity (Wildman–Crippen MR) is 91.8 cm³/mol. The van der Waals surface area contributed by atoms with Crippen molar-refractivity contribution in [1.29, 1.82) is 0 Å². The number of hydrogen-bond donors (Lipinski definition) is 0. The van der Waals surface area contributed by atoms with Crippen LogP contribution in [0.15, 0.2) is 23.6 Å². The van der Waals surface area contributed by atoms with Gasteiger partial charge in [-0.25, -0.2) is 9.37 Å². The van der Waals surface area contributed by atoms with Gasteiger partial charge >= 0.3 is 0 Å². The maximum atomic E-state index is 13.7. The Morgan fingerprint density at radius 3 is 3.04 bits per heavy atom. The third kappa shape index (κ3) is 3.65. The molecule has 1 aliphatic rings. The Kier molecular flexibility index (Phi) is 5.26. The van der Waals surface area contributed by atoms with Crippen LogP contribution in [0.25, 0.3) is 0 Å². The van der Waals surface area contributed by atoms with Gasteiger partial charge in [0, 0.05) is 48.3 Å². The number of aromatic nitrogens is 1. The van der Waals surface area contributed by atoms with E-state index in [-0.39, 0.29) is 18.3 Å². The quantitative estimate of drug-likeness (QED) is 0.845. The summed E-state index contributed by atoms with van der Waals surface area (Å²) in [5.74, 6) is -0.103. The van der Waals surface area contributed by atoms with Crippen LogP contribution in [-0.4, -0.2) is 36.0 Å². The molecule has 4 nitrogen and oxygen atoms in total. The number of amides is 1. The van der Waals surface area contributed by atoms with E-state index in [0.717, 1.165) is 30.1 Å². The molecule has 0 spiro atoms. The maximum absolute atomic E-state index is 13.7. The maximum Gasteiger partial charge on any atom is 0.253 e. The molecule has 2 aromatic rings. The molecule has 0 saturated carbocycles. The first-order valence-electron chi connectivity index (χ1n) is 8.07. The largest absolute Gasteiger partial charge is 0.380 e. The van der Waals surface area contributed by atoms with Gasteiger partial charge in [0.2, 0.25) is 0 Å². The summed E-state index contributed by atoms with van der Waals surface area (Å²) in [7, 11) is 1.51. The van der Waals surface area contributed by atoms with E-state index in [0.29, 0.717) is 23.6 Å². The lowest BCUT2D eigenvalue weighted by Gasteiger charge is -2.32. The Labute approximate surface area is 145 Å². The Hall–Kier alpha value is -1.79. The fourth-order valence-corrected chi connectivity index (χ4v) is 4.00. The number of likely N-dealkylation sites (tertiary alicyclic amines) is 1. The van der Waals surface area contributed by atoms with Crippen LogP contribution in [0, 0.1) is 12.7 Å². The van der Waals surface area contributed by atoms with Crippen LogP contribution in [0.2, 0.25) is 0 Å². The standard InChI is InChI=1S/C18H21FN2O2S/c1-12-11-24-17(20-12)14-4-3-7-21(9-14)18(22)13-5-6-16(19)15(8-13)10-23-2/h5-6,8,11,14H,3-4,7,9-10H2,1-2H3/t14-/m0/s1. The molecule has 0 N–H and O–H groups in total. The number of ether oxygens (including phenoxy) is 1. The molecule has 1 aliphatic heterocycles. The predicted octanol–water partition coefficient (Wildman–Crippen LogP) is 3.76. The van der Waals surface area contributed by atoms with Gasteiger partial charge in [-0.15, -0.1) is 11.3 Å². The number of carbonyl (C=O) groups excluding carboxylic acids is 1. The average molecular weight is 348 g/mol. The van der Waals surface area contributed by atoms with E-state index < -0.39 is 0 Å². The summed E-state index contributed by atoms with van der Waals surface area (Å²) in [5.41, 5.74) is 1.95. The molecule has 6 heteroatoms. The van der Waals surface area contributed by atoms with Crippen LogP contribution in [-0.2, 0) is 11.3 Å². The number of halogens is 1. The van der Waals surface area contributed by atoms with Crippen LogP contribution in [0.4, 0.5) is 4.39 Å². The number of methoxy groups -OCH3 is 1. The fraction of sp³-hybridized carbons (Fsp3) is 0.444. The van der Waals surface area contributed by atoms with Crippen molar-refractivity contribution in [1.82, 2.24) is 9.88 Å². The van der Waals surface area contributed by atoms with E-state index in [9.17, 15) is 9.18 Å². The minimum atomic E-state index is -0.344. The molecule has 2 heterocycles. The molecule has 1 atom stereocenters. The summed E-state index contributed by atoms with van der Waals surface area (Å²) in [5, 5.41) is 3.15. The van der Waals surface area contributed by atoms with Crippen molar-refractivity contribution >= 4 is 17.2 Å². The molecule has 24 heavy (non-hydrogen) atoms. The highest BCUT2D eigenvalue weighted by Gasteiger charge is 2.27. The van der Waals surface area contributed by atoms with Crippen molar-refractivity contribution in [2.45, 2.75) is 32.3 Å². The van der Waals surface area contributed by atoms with E-state index in [1.165, 1.54) is 13.2 Å². The molecule has 1 aromatic heterocycles. The zero-order chi connectivity index (χ0) is 17.1. The second-order valence-electron chi connectivity index (χ2n) is 6.16. The van der Waals surface area contributed by atoms with Crippen LogP contribution in [0.3, 0.4) is 0 Å². The van der Waals surface area contributed by atoms with E-state index in [2.05, 4.69) is 4.98 Å². The molecule has 0 unspecified atom stereocenters. The highest BCUT2D eigenvalue weighted by Crippen LogP contribution is 2.30. The summed E-state index contributed by atoms with van der Waals surface area (Å²) < 4.78 is 18.7. The number of piperidine rings is 1. The number of benzene rings is 1. The number of aryl methyl sites for hydroxylation is 1. The van der Waals surface area contributed by atoms with Gasteiger partial charge in [-0.2, -0.15) is 0 Å². The van der Waals surface area contributed by atoms with Gasteiger partial charge in [-0.05, 0) is 38.0 Å². The monoisotopic (exact) mass is 348 g/mol. The van der Waals surface area contributed by atoms with E-state index in [1.807, 2.05) is 17.2 Å². The summed E-state index contributed by atoms with van der Waals surface area (Å²) in [6, 6.07) is 4.49. The SMILES string of the molecule is COCc1cc(C(=O)N2CCC[C@H](c3nc(C)cs3)C2)ccc1F. The Balaban J connectivity index is 1.76. The molecule has 1 fully saturated rings. The third-order valence-electron chi connectivity index (χ3n) is 4.29. The molecule has 1 amide bonds. The minimum absolute atomic E-state index is 0.0506. The summed E-state index contributed by atoms with van der Waals surface area (Å²) >= 11 is 1.66. The van der Waals surface area contributed by atoms with Crippen LogP contribution < -0.4 is 0 Å². The third-order valence-corrected chi connectivity index (χ3v) is 5.41. The number of thiazole rings is 1. The zero-order valence-corrected chi connectivity index (χ0v) is 14.7. The Morgan fingerprint density at radius 2 is 2.33 bits per heavy atom. The molecule has 1 aromatic carbocycles. The van der Waals surface area contributed by atoms with E-state index in [1.54, 1.807) is 23.5 Å². The zero-order valence-electron chi connectivity index (χ0n) is 13.9. The van der Waals surface area contributed by atoms with E-state index in [4.69, 9.17) is 4.74 Å². The van der Waals surface area contributed by atoms with Gasteiger partial charge in [0.25, 0.3) is 5.91 Å². The first kappa shape index (κ1) is 17.0. The summed E-state index contributed by atoms with van der Waals surface area (Å²) in [6.07, 6.45) is 2.01. The molecule has 0 aliphatic carbocycles. The van der Waals surface area contributed by atoms with Crippen molar-refractivity contribution in [3.8, 4) is 0 Å². The first-order valence-corrected chi connectivity index (χ1v) is 8.95. The molecule has 0 radical (unpaired) electrons. The second kappa shape index (κ2) is 7.40. The normalized spacial score (nSPS) is 18.0. The lowest BCUT2D eigenvalue weighted by Crippen LogP contribution is -2.39. The molecule has 0 bridgehead atoms. The van der Waals surface area contributed by atoms with Crippen molar-refractivity contribution in [2.24, 2.45) is 0 Å². The lowest BCUT2D eigenvalue weighted by atomic mass is 9.97. The fourth-order valence-electron chi connectivity index (χ4n) is 3.08. The van der Waals surface area contributed by atoms with Gasteiger partial charge in [-0.1, -0.05) is 0 Å². The number of nitrogens with zero attached hydrogens (tertiary/aromatic N) is 2. The highest BCUT2D eigenvalue weighted by molar-refractivity contribution is 7.09. The van der Waals surface area contributed by atoms with Crippen LogP contribution in [0.1, 0.15) is 45.4 Å². The van der Waals surface area contributed by atoms with Crippen LogP contribution >= 0.6 is 11.3 Å². The lowest BCUT2D eigenvalue weighted by molar-refractivity contribution is 0.0706. The first-order chi connectivity index (χ1) is 11.6. The molecular formula is C18H21FN2O2S. The topological polar surface area (TPSA) is 42.4 Å². The Morgan fingerprint density at radius 1 is 1.50 bits per heavy atom. The average Bonchev–Trinajstić information content (AvgIpc) is 3.03. The highest BCUT2D eigenvalue weighted by atomic mass is 32.1. The summed E-state index contributed by atoms with van der Waals surface area (Å²) in [6.45, 7) is 3.55. The van der Waals surface area contributed by atoms with Crippen LogP contribution in [0.5, 0.6) is 0 Å².